The molecule has 0 saturated heterocycles. The van der Waals surface area contributed by atoms with Gasteiger partial charge < -0.3 is 0 Å². The lowest BCUT2D eigenvalue weighted by molar-refractivity contribution is -0.137. The van der Waals surface area contributed by atoms with Crippen molar-refractivity contribution in [1.29, 1.82) is 0 Å². The monoisotopic (exact) mass is 282 g/mol. The van der Waals surface area contributed by atoms with Crippen LogP contribution in [0.3, 0.4) is 0 Å². The zero-order valence-corrected chi connectivity index (χ0v) is 10.4. The van der Waals surface area contributed by atoms with Crippen LogP contribution in [0.2, 0.25) is 0 Å². The van der Waals surface area contributed by atoms with E-state index in [0.29, 0.717) is 12.1 Å². The van der Waals surface area contributed by atoms with Crippen LogP contribution >= 0.6 is 0 Å². The van der Waals surface area contributed by atoms with Crippen molar-refractivity contribution >= 4 is 0 Å². The Bertz CT molecular complexity index is 540. The Hall–Kier alpha value is -1.99. The van der Waals surface area contributed by atoms with Gasteiger partial charge in [0.05, 0.1) is 17.3 Å². The third kappa shape index (κ3) is 3.52. The maximum absolute atomic E-state index is 12.5. The van der Waals surface area contributed by atoms with E-state index in [4.69, 9.17) is 5.84 Å². The lowest BCUT2D eigenvalue weighted by atomic mass is 10.0. The summed E-state index contributed by atoms with van der Waals surface area (Å²) in [6, 6.07) is 5.59. The van der Waals surface area contributed by atoms with Gasteiger partial charge in [-0.1, -0.05) is 6.07 Å². The van der Waals surface area contributed by atoms with Gasteiger partial charge in [-0.05, 0) is 30.2 Å². The van der Waals surface area contributed by atoms with Crippen molar-refractivity contribution in [3.63, 3.8) is 0 Å². The summed E-state index contributed by atoms with van der Waals surface area (Å²) in [7, 11) is 0. The summed E-state index contributed by atoms with van der Waals surface area (Å²) in [5.41, 5.74) is 3.14. The Labute approximate surface area is 113 Å². The predicted molar refractivity (Wildman–Crippen MR) is 67.2 cm³/mol. The van der Waals surface area contributed by atoms with Gasteiger partial charge in [0, 0.05) is 18.6 Å². The molecule has 0 radical (unpaired) electrons. The highest BCUT2D eigenvalue weighted by Gasteiger charge is 2.30. The molecule has 20 heavy (non-hydrogen) atoms. The van der Waals surface area contributed by atoms with Gasteiger partial charge >= 0.3 is 6.18 Å². The molecule has 3 N–H and O–H groups in total. The van der Waals surface area contributed by atoms with E-state index in [2.05, 4.69) is 15.4 Å². The molecule has 0 bridgehead atoms. The highest BCUT2D eigenvalue weighted by atomic mass is 19.4. The number of nitrogens with one attached hydrogen (secondary N) is 1. The van der Waals surface area contributed by atoms with Crippen molar-refractivity contribution < 1.29 is 13.2 Å². The summed E-state index contributed by atoms with van der Waals surface area (Å²) < 4.78 is 37.4. The van der Waals surface area contributed by atoms with E-state index < -0.39 is 11.7 Å². The number of nitrogens with two attached hydrogens (primary N) is 1. The molecule has 2 heterocycles. The van der Waals surface area contributed by atoms with Crippen molar-refractivity contribution in [1.82, 2.24) is 15.4 Å². The van der Waals surface area contributed by atoms with Gasteiger partial charge in [0.2, 0.25) is 0 Å². The van der Waals surface area contributed by atoms with Crippen LogP contribution in [0.25, 0.3) is 0 Å². The summed E-state index contributed by atoms with van der Waals surface area (Å²) in [5.74, 6) is 5.44. The number of hydrazine groups is 1. The molecule has 1 atom stereocenters. The molecule has 106 valence electrons. The second-order valence-electron chi connectivity index (χ2n) is 4.25. The van der Waals surface area contributed by atoms with E-state index in [9.17, 15) is 13.2 Å². The Morgan fingerprint density at radius 3 is 2.50 bits per heavy atom. The fourth-order valence-electron chi connectivity index (χ4n) is 1.78. The van der Waals surface area contributed by atoms with Crippen molar-refractivity contribution in [2.75, 3.05) is 0 Å². The second kappa shape index (κ2) is 5.98. The number of nitrogens with zero attached hydrogens (tertiary/aromatic N) is 2. The molecule has 2 rings (SSSR count). The lowest BCUT2D eigenvalue weighted by Gasteiger charge is -2.16. The first kappa shape index (κ1) is 14.4. The Kier molecular flexibility index (Phi) is 4.31. The first-order valence-corrected chi connectivity index (χ1v) is 5.89. The van der Waals surface area contributed by atoms with Gasteiger partial charge in [0.1, 0.15) is 0 Å². The molecule has 1 unspecified atom stereocenters. The van der Waals surface area contributed by atoms with Crippen LogP contribution < -0.4 is 11.3 Å². The van der Waals surface area contributed by atoms with Gasteiger partial charge in [0.15, 0.2) is 0 Å². The molecule has 0 aliphatic heterocycles. The van der Waals surface area contributed by atoms with E-state index in [-0.39, 0.29) is 6.04 Å². The van der Waals surface area contributed by atoms with Crippen LogP contribution in [0.1, 0.15) is 22.9 Å². The van der Waals surface area contributed by atoms with Gasteiger partial charge in [-0.3, -0.25) is 21.2 Å². The van der Waals surface area contributed by atoms with E-state index in [1.807, 2.05) is 6.07 Å². The molecular weight excluding hydrogens is 269 g/mol. The average Bonchev–Trinajstić information content (AvgIpc) is 2.45. The summed E-state index contributed by atoms with van der Waals surface area (Å²) in [6.45, 7) is 0. The summed E-state index contributed by atoms with van der Waals surface area (Å²) >= 11 is 0. The van der Waals surface area contributed by atoms with E-state index in [1.165, 1.54) is 6.07 Å². The number of pyridine rings is 2. The number of hydrogen-bond acceptors (Lipinski definition) is 4. The number of aromatic nitrogens is 2. The molecule has 0 spiro atoms. The molecule has 2 aromatic rings. The first-order valence-electron chi connectivity index (χ1n) is 5.89. The minimum atomic E-state index is -4.39. The number of alkyl halides is 3. The van der Waals surface area contributed by atoms with E-state index in [0.717, 1.165) is 17.8 Å². The van der Waals surface area contributed by atoms with Gasteiger partial charge in [-0.2, -0.15) is 13.2 Å². The fraction of sp³-hybridized carbons (Fsp3) is 0.231. The molecule has 2 aromatic heterocycles. The van der Waals surface area contributed by atoms with Crippen LogP contribution in [-0.2, 0) is 12.6 Å². The molecule has 0 saturated carbocycles. The molecule has 0 aromatic carbocycles. The highest BCUT2D eigenvalue weighted by molar-refractivity contribution is 5.21. The van der Waals surface area contributed by atoms with Crippen LogP contribution in [0.15, 0.2) is 42.9 Å². The average molecular weight is 282 g/mol. The number of halogens is 3. The van der Waals surface area contributed by atoms with Crippen molar-refractivity contribution in [3.05, 3.63) is 59.7 Å². The zero-order chi connectivity index (χ0) is 14.6. The second-order valence-corrected chi connectivity index (χ2v) is 4.25. The minimum absolute atomic E-state index is 0.374. The summed E-state index contributed by atoms with van der Waals surface area (Å²) in [4.78, 5) is 7.80. The SMILES string of the molecule is NNC(Cc1cccnc1)c1ccc(C(F)(F)F)cn1. The smallest absolute Gasteiger partial charge is 0.271 e. The van der Waals surface area contributed by atoms with Crippen LogP contribution in [0, 0.1) is 0 Å². The maximum Gasteiger partial charge on any atom is 0.417 e. The number of rotatable bonds is 4. The molecule has 7 heteroatoms. The highest BCUT2D eigenvalue weighted by Crippen LogP contribution is 2.29. The standard InChI is InChI=1S/C13H13F3N4/c14-13(15,16)10-3-4-11(19-8-10)12(20-17)6-9-2-1-5-18-7-9/h1-5,7-8,12,20H,6,17H2. The fourth-order valence-corrected chi connectivity index (χ4v) is 1.78. The van der Waals surface area contributed by atoms with Gasteiger partial charge in [-0.25, -0.2) is 0 Å². The topological polar surface area (TPSA) is 63.8 Å². The summed E-state index contributed by atoms with van der Waals surface area (Å²) in [6.07, 6.45) is 0.228. The largest absolute Gasteiger partial charge is 0.417 e. The third-order valence-electron chi connectivity index (χ3n) is 2.83. The van der Waals surface area contributed by atoms with Gasteiger partial charge in [0.25, 0.3) is 0 Å². The molecule has 0 aliphatic carbocycles. The molecular formula is C13H13F3N4. The number of hydrogen-bond donors (Lipinski definition) is 2. The maximum atomic E-state index is 12.5. The molecule has 0 fully saturated rings. The molecule has 4 nitrogen and oxygen atoms in total. The Morgan fingerprint density at radius 2 is 2.00 bits per heavy atom. The van der Waals surface area contributed by atoms with Crippen molar-refractivity contribution in [2.24, 2.45) is 5.84 Å². The Morgan fingerprint density at radius 1 is 1.20 bits per heavy atom. The quantitative estimate of drug-likeness (QED) is 0.667. The lowest BCUT2D eigenvalue weighted by Crippen LogP contribution is -2.30. The first-order chi connectivity index (χ1) is 9.50. The van der Waals surface area contributed by atoms with Crippen molar-refractivity contribution in [2.45, 2.75) is 18.6 Å². The van der Waals surface area contributed by atoms with Crippen molar-refractivity contribution in [3.8, 4) is 0 Å². The van der Waals surface area contributed by atoms with E-state index in [1.54, 1.807) is 18.5 Å². The molecule has 0 aliphatic rings. The van der Waals surface area contributed by atoms with Crippen LogP contribution in [0.4, 0.5) is 13.2 Å². The predicted octanol–water partition coefficient (Wildman–Crippen LogP) is 2.24. The van der Waals surface area contributed by atoms with Crippen LogP contribution in [0.5, 0.6) is 0 Å². The minimum Gasteiger partial charge on any atom is -0.271 e. The van der Waals surface area contributed by atoms with Gasteiger partial charge in [-0.15, -0.1) is 0 Å². The normalized spacial score (nSPS) is 13.2. The van der Waals surface area contributed by atoms with Crippen LogP contribution in [-0.4, -0.2) is 9.97 Å². The third-order valence-corrected chi connectivity index (χ3v) is 2.83. The zero-order valence-electron chi connectivity index (χ0n) is 10.4. The summed E-state index contributed by atoms with van der Waals surface area (Å²) in [5, 5.41) is 0. The van der Waals surface area contributed by atoms with E-state index >= 15 is 0 Å². The molecule has 0 amide bonds. The Balaban J connectivity index is 2.16.